The minimum atomic E-state index is -1.27. The maximum absolute atomic E-state index is 12.8. The molecule has 144 valence electrons. The van der Waals surface area contributed by atoms with Crippen LogP contribution < -0.4 is 4.74 Å². The largest absolute Gasteiger partial charge is 0.503 e. The summed E-state index contributed by atoms with van der Waals surface area (Å²) in [5.74, 6) is 0.531. The number of hydrogen-bond donors (Lipinski definition) is 3. The second-order valence-electron chi connectivity index (χ2n) is 8.94. The minimum absolute atomic E-state index is 0.0527. The number of halogens is 1. The Labute approximate surface area is 161 Å². The van der Waals surface area contributed by atoms with Crippen LogP contribution in [0.4, 0.5) is 0 Å². The number of aliphatic hydroxyl groups excluding tert-OH is 1. The molecule has 1 aromatic carbocycles. The lowest BCUT2D eigenvalue weighted by Crippen LogP contribution is -2.77. The van der Waals surface area contributed by atoms with Gasteiger partial charge in [-0.15, -0.1) is 0 Å². The molecule has 2 aliphatic heterocycles. The van der Waals surface area contributed by atoms with Gasteiger partial charge in [-0.2, -0.15) is 0 Å². The van der Waals surface area contributed by atoms with Gasteiger partial charge in [-0.05, 0) is 49.8 Å². The van der Waals surface area contributed by atoms with E-state index >= 15 is 0 Å². The summed E-state index contributed by atoms with van der Waals surface area (Å²) in [7, 11) is 0. The Morgan fingerprint density at radius 3 is 2.85 bits per heavy atom. The van der Waals surface area contributed by atoms with Crippen molar-refractivity contribution < 1.29 is 24.9 Å². The number of hydrogen-bond acceptors (Lipinski definition) is 6. The number of carbonyl (C=O) groups is 1. The second kappa shape index (κ2) is 4.98. The Balaban J connectivity index is 1.63. The molecular formula is C20H22ClNO5. The second-order valence-corrected chi connectivity index (χ2v) is 9.35. The summed E-state index contributed by atoms with van der Waals surface area (Å²) in [4.78, 5) is 15.0. The first kappa shape index (κ1) is 16.6. The van der Waals surface area contributed by atoms with Gasteiger partial charge in [-0.1, -0.05) is 11.6 Å². The van der Waals surface area contributed by atoms with Crippen molar-refractivity contribution in [1.29, 1.82) is 0 Å². The lowest BCUT2D eigenvalue weighted by molar-refractivity contribution is -0.211. The molecule has 0 radical (unpaired) electrons. The standard InChI is InChI=1S/C20H22ClNO5/c21-11-7-10-13-16(15(11)25)27-18-12(23)3-4-20(26)17(14(10)24)22(8-9-1-2-9)6-5-19(13,18)20/h7,9,14,17-18,24-26H,1-6,8H2/t14-,17+,18-,19-,20+/m0/s1. The summed E-state index contributed by atoms with van der Waals surface area (Å²) in [6.07, 6.45) is 1.69. The fourth-order valence-corrected chi connectivity index (χ4v) is 6.56. The molecule has 1 saturated heterocycles. The third-order valence-corrected chi connectivity index (χ3v) is 7.96. The molecule has 6 nitrogen and oxygen atoms in total. The Hall–Kier alpha value is -1.34. The van der Waals surface area contributed by atoms with Gasteiger partial charge in [0.2, 0.25) is 0 Å². The molecule has 5 atom stereocenters. The van der Waals surface area contributed by atoms with Gasteiger partial charge in [-0.25, -0.2) is 0 Å². The van der Waals surface area contributed by atoms with Crippen LogP contribution in [0.5, 0.6) is 11.5 Å². The van der Waals surface area contributed by atoms with Gasteiger partial charge in [0, 0.05) is 18.5 Å². The molecule has 3 aliphatic carbocycles. The third kappa shape index (κ3) is 1.77. The summed E-state index contributed by atoms with van der Waals surface area (Å²) in [5, 5.41) is 33.9. The van der Waals surface area contributed by atoms with E-state index < -0.39 is 29.3 Å². The van der Waals surface area contributed by atoms with Crippen LogP contribution in [0, 0.1) is 5.92 Å². The predicted octanol–water partition coefficient (Wildman–Crippen LogP) is 1.67. The van der Waals surface area contributed by atoms with Crippen LogP contribution in [-0.4, -0.2) is 56.8 Å². The zero-order chi connectivity index (χ0) is 18.7. The highest BCUT2D eigenvalue weighted by atomic mass is 35.5. The van der Waals surface area contributed by atoms with Crippen molar-refractivity contribution in [3.05, 3.63) is 22.2 Å². The molecule has 7 heteroatoms. The predicted molar refractivity (Wildman–Crippen MR) is 96.1 cm³/mol. The maximum Gasteiger partial charge on any atom is 0.177 e. The third-order valence-electron chi connectivity index (χ3n) is 7.67. The van der Waals surface area contributed by atoms with Crippen molar-refractivity contribution in [2.24, 2.45) is 5.92 Å². The Morgan fingerprint density at radius 1 is 1.33 bits per heavy atom. The topological polar surface area (TPSA) is 90.2 Å². The SMILES string of the molecule is O=C1CC[C@@]2(O)[C@H]3[C@@H](O)c4cc(Cl)c(O)c5c4[C@@]2(CCN3CC2CC2)[C@H]1O5. The molecule has 3 fully saturated rings. The quantitative estimate of drug-likeness (QED) is 0.710. The number of piperidine rings is 1. The van der Waals surface area contributed by atoms with Crippen molar-refractivity contribution in [2.45, 2.75) is 61.4 Å². The smallest absolute Gasteiger partial charge is 0.177 e. The highest BCUT2D eigenvalue weighted by molar-refractivity contribution is 6.32. The minimum Gasteiger partial charge on any atom is -0.503 e. The van der Waals surface area contributed by atoms with Gasteiger partial charge in [0.25, 0.3) is 0 Å². The maximum atomic E-state index is 12.8. The van der Waals surface area contributed by atoms with Crippen LogP contribution in [0.25, 0.3) is 0 Å². The molecule has 0 aromatic heterocycles. The van der Waals surface area contributed by atoms with E-state index in [0.717, 1.165) is 6.54 Å². The van der Waals surface area contributed by atoms with Gasteiger partial charge in [0.15, 0.2) is 23.4 Å². The van der Waals surface area contributed by atoms with Crippen LogP contribution in [0.15, 0.2) is 6.07 Å². The normalized spacial score (nSPS) is 42.0. The average molecular weight is 392 g/mol. The van der Waals surface area contributed by atoms with Crippen molar-refractivity contribution in [2.75, 3.05) is 13.1 Å². The fourth-order valence-electron chi connectivity index (χ4n) is 6.36. The summed E-state index contributed by atoms with van der Waals surface area (Å²) in [6, 6.07) is 1.09. The number of phenolic OH excluding ortho intramolecular Hbond substituents is 1. The number of aliphatic hydroxyl groups is 2. The molecule has 5 aliphatic rings. The lowest BCUT2D eigenvalue weighted by atomic mass is 9.48. The van der Waals surface area contributed by atoms with Crippen LogP contribution >= 0.6 is 11.6 Å². The Morgan fingerprint density at radius 2 is 2.11 bits per heavy atom. The molecule has 27 heavy (non-hydrogen) atoms. The first-order valence-electron chi connectivity index (χ1n) is 9.78. The zero-order valence-corrected chi connectivity index (χ0v) is 15.6. The van der Waals surface area contributed by atoms with E-state index in [1.807, 2.05) is 0 Å². The molecule has 0 amide bonds. The molecule has 2 bridgehead atoms. The number of benzene rings is 1. The lowest BCUT2D eigenvalue weighted by Gasteiger charge is -2.63. The number of rotatable bonds is 2. The molecule has 1 aromatic rings. The number of carbonyl (C=O) groups excluding carboxylic acids is 1. The van der Waals surface area contributed by atoms with Crippen LogP contribution in [0.1, 0.15) is 49.3 Å². The highest BCUT2D eigenvalue weighted by Crippen LogP contribution is 2.67. The highest BCUT2D eigenvalue weighted by Gasteiger charge is 2.75. The number of ketones is 1. The van der Waals surface area contributed by atoms with E-state index in [1.165, 1.54) is 12.8 Å². The molecule has 0 unspecified atom stereocenters. The zero-order valence-electron chi connectivity index (χ0n) is 14.8. The van der Waals surface area contributed by atoms with Gasteiger partial charge in [0.05, 0.1) is 28.2 Å². The van der Waals surface area contributed by atoms with Crippen LogP contribution in [0.3, 0.4) is 0 Å². The number of likely N-dealkylation sites (tertiary alicyclic amines) is 1. The van der Waals surface area contributed by atoms with Crippen molar-refractivity contribution >= 4 is 17.4 Å². The van der Waals surface area contributed by atoms with E-state index in [-0.39, 0.29) is 28.7 Å². The molecule has 2 heterocycles. The van der Waals surface area contributed by atoms with Crippen LogP contribution in [-0.2, 0) is 10.2 Å². The Bertz CT molecular complexity index is 886. The number of Topliss-reactive ketones (excluding diaryl/α,β-unsaturated/α-hetero) is 1. The van der Waals surface area contributed by atoms with Gasteiger partial charge < -0.3 is 20.1 Å². The van der Waals surface area contributed by atoms with E-state index in [9.17, 15) is 20.1 Å². The van der Waals surface area contributed by atoms with Crippen molar-refractivity contribution in [3.63, 3.8) is 0 Å². The molecule has 3 N–H and O–H groups in total. The number of nitrogens with zero attached hydrogens (tertiary/aromatic N) is 1. The number of ether oxygens (including phenoxy) is 1. The van der Waals surface area contributed by atoms with Gasteiger partial charge >= 0.3 is 0 Å². The first-order chi connectivity index (χ1) is 12.9. The molecule has 1 spiro atoms. The number of aromatic hydroxyl groups is 1. The summed E-state index contributed by atoms with van der Waals surface area (Å²) >= 11 is 6.21. The average Bonchev–Trinajstić information content (AvgIpc) is 3.37. The molecule has 6 rings (SSSR count). The first-order valence-corrected chi connectivity index (χ1v) is 10.2. The fraction of sp³-hybridized carbons (Fsp3) is 0.650. The van der Waals surface area contributed by atoms with Crippen molar-refractivity contribution in [3.8, 4) is 11.5 Å². The van der Waals surface area contributed by atoms with Gasteiger partial charge in [-0.3, -0.25) is 9.69 Å². The van der Waals surface area contributed by atoms with E-state index in [0.29, 0.717) is 36.4 Å². The summed E-state index contributed by atoms with van der Waals surface area (Å²) < 4.78 is 5.97. The van der Waals surface area contributed by atoms with E-state index in [2.05, 4.69) is 4.90 Å². The van der Waals surface area contributed by atoms with E-state index in [4.69, 9.17) is 16.3 Å². The van der Waals surface area contributed by atoms with Crippen molar-refractivity contribution in [1.82, 2.24) is 4.90 Å². The van der Waals surface area contributed by atoms with Gasteiger partial charge in [0.1, 0.15) is 0 Å². The summed E-state index contributed by atoms with van der Waals surface area (Å²) in [6.45, 7) is 1.55. The number of phenols is 1. The Kier molecular flexibility index (Phi) is 3.06. The molecule has 2 saturated carbocycles. The van der Waals surface area contributed by atoms with Crippen LogP contribution in [0.2, 0.25) is 5.02 Å². The monoisotopic (exact) mass is 391 g/mol. The molecular weight excluding hydrogens is 370 g/mol. The summed E-state index contributed by atoms with van der Waals surface area (Å²) in [5.41, 5.74) is -1.00. The van der Waals surface area contributed by atoms with E-state index in [1.54, 1.807) is 6.07 Å².